The van der Waals surface area contributed by atoms with Crippen LogP contribution in [-0.4, -0.2) is 69.0 Å². The van der Waals surface area contributed by atoms with Gasteiger partial charge in [-0.3, -0.25) is 4.79 Å². The number of nitrogens with one attached hydrogen (secondary N) is 1. The van der Waals surface area contributed by atoms with Crippen molar-refractivity contribution in [1.82, 2.24) is 30.1 Å². The number of carbonyl (C=O) groups excluding carboxylic acids is 2. The fourth-order valence-corrected chi connectivity index (χ4v) is 2.83. The average Bonchev–Trinajstić information content (AvgIpc) is 3.16. The molecule has 0 radical (unpaired) electrons. The second kappa shape index (κ2) is 6.55. The van der Waals surface area contributed by atoms with Gasteiger partial charge in [-0.25, -0.2) is 9.48 Å². The van der Waals surface area contributed by atoms with Gasteiger partial charge in [0.1, 0.15) is 0 Å². The lowest BCUT2D eigenvalue weighted by atomic mass is 10.1. The van der Waals surface area contributed by atoms with E-state index in [1.54, 1.807) is 15.8 Å². The van der Waals surface area contributed by atoms with Crippen molar-refractivity contribution in [1.29, 1.82) is 0 Å². The van der Waals surface area contributed by atoms with Crippen molar-refractivity contribution < 1.29 is 9.59 Å². The first-order valence-corrected chi connectivity index (χ1v) is 8.35. The molecule has 3 rings (SSSR count). The minimum Gasteiger partial charge on any atom is -0.337 e. The summed E-state index contributed by atoms with van der Waals surface area (Å²) in [6.07, 6.45) is 4.73. The summed E-state index contributed by atoms with van der Waals surface area (Å²) < 4.78 is 1.70. The monoisotopic (exact) mass is 320 g/mol. The van der Waals surface area contributed by atoms with Crippen LogP contribution < -0.4 is 5.32 Å². The summed E-state index contributed by atoms with van der Waals surface area (Å²) in [6.45, 7) is 6.84. The lowest BCUT2D eigenvalue weighted by Gasteiger charge is -2.39. The number of nitrogens with zero attached hydrogens (tertiary/aromatic N) is 5. The van der Waals surface area contributed by atoms with Gasteiger partial charge in [0.2, 0.25) is 0 Å². The van der Waals surface area contributed by atoms with Gasteiger partial charge < -0.3 is 15.1 Å². The molecule has 0 saturated carbocycles. The third-order valence-corrected chi connectivity index (χ3v) is 4.63. The molecule has 8 nitrogen and oxygen atoms in total. The Morgan fingerprint density at radius 3 is 2.65 bits per heavy atom. The van der Waals surface area contributed by atoms with Gasteiger partial charge in [0.15, 0.2) is 5.69 Å². The Hall–Kier alpha value is -2.12. The van der Waals surface area contributed by atoms with Crippen LogP contribution in [0.2, 0.25) is 0 Å². The molecule has 2 saturated heterocycles. The largest absolute Gasteiger partial charge is 0.337 e. The number of hydrogen-bond acceptors (Lipinski definition) is 4. The maximum absolute atomic E-state index is 12.3. The summed E-state index contributed by atoms with van der Waals surface area (Å²) >= 11 is 0. The zero-order valence-electron chi connectivity index (χ0n) is 13.7. The third kappa shape index (κ3) is 3.30. The van der Waals surface area contributed by atoms with Gasteiger partial charge >= 0.3 is 6.03 Å². The summed E-state index contributed by atoms with van der Waals surface area (Å²) in [5.41, 5.74) is 0.398. The highest BCUT2D eigenvalue weighted by Crippen LogP contribution is 2.21. The summed E-state index contributed by atoms with van der Waals surface area (Å²) in [7, 11) is 0. The first-order chi connectivity index (χ1) is 11.1. The van der Waals surface area contributed by atoms with Crippen LogP contribution in [0, 0.1) is 0 Å². The van der Waals surface area contributed by atoms with Crippen molar-refractivity contribution in [2.45, 2.75) is 45.2 Å². The van der Waals surface area contributed by atoms with E-state index in [2.05, 4.69) is 15.6 Å². The fourth-order valence-electron chi connectivity index (χ4n) is 2.83. The van der Waals surface area contributed by atoms with E-state index >= 15 is 0 Å². The van der Waals surface area contributed by atoms with Crippen LogP contribution in [0.1, 0.15) is 49.6 Å². The maximum atomic E-state index is 12.3. The Kier molecular flexibility index (Phi) is 4.49. The molecule has 1 aromatic heterocycles. The molecule has 3 amide bonds. The number of carbonyl (C=O) groups is 2. The van der Waals surface area contributed by atoms with E-state index in [-0.39, 0.29) is 24.0 Å². The third-order valence-electron chi connectivity index (χ3n) is 4.63. The highest BCUT2D eigenvalue weighted by molar-refractivity contribution is 5.92. The number of likely N-dealkylation sites (tertiary alicyclic amines) is 2. The maximum Gasteiger partial charge on any atom is 0.317 e. The second-order valence-corrected chi connectivity index (χ2v) is 6.40. The Labute approximate surface area is 135 Å². The Bertz CT molecular complexity index is 574. The standard InChI is InChI=1S/C15H24N6O2/c1-3-11(2)16-15(23)20-8-12(9-20)21-10-13(17-18-21)14(22)19-6-4-5-7-19/h10-12H,3-9H2,1-2H3,(H,16,23). The smallest absolute Gasteiger partial charge is 0.317 e. The SMILES string of the molecule is CCC(C)NC(=O)N1CC(n2cc(C(=O)N3CCCC3)nn2)C1. The topological polar surface area (TPSA) is 83.4 Å². The van der Waals surface area contributed by atoms with Gasteiger partial charge in [0.25, 0.3) is 5.91 Å². The molecule has 126 valence electrons. The van der Waals surface area contributed by atoms with Crippen LogP contribution in [-0.2, 0) is 0 Å². The summed E-state index contributed by atoms with van der Waals surface area (Å²) in [5, 5.41) is 11.0. The summed E-state index contributed by atoms with van der Waals surface area (Å²) in [5.74, 6) is -0.0422. The summed E-state index contributed by atoms with van der Waals surface area (Å²) in [6, 6.07) is 0.243. The Morgan fingerprint density at radius 1 is 1.30 bits per heavy atom. The minimum absolute atomic E-state index is 0.0379. The van der Waals surface area contributed by atoms with E-state index in [1.807, 2.05) is 18.7 Å². The highest BCUT2D eigenvalue weighted by atomic mass is 16.2. The van der Waals surface area contributed by atoms with Crippen LogP contribution in [0.4, 0.5) is 4.79 Å². The predicted molar refractivity (Wildman–Crippen MR) is 84.1 cm³/mol. The van der Waals surface area contributed by atoms with Crippen molar-refractivity contribution >= 4 is 11.9 Å². The Morgan fingerprint density at radius 2 is 2.00 bits per heavy atom. The lowest BCUT2D eigenvalue weighted by molar-refractivity contribution is 0.0786. The van der Waals surface area contributed by atoms with Gasteiger partial charge in [-0.2, -0.15) is 0 Å². The second-order valence-electron chi connectivity index (χ2n) is 6.40. The van der Waals surface area contributed by atoms with Crippen LogP contribution in [0.3, 0.4) is 0 Å². The van der Waals surface area contributed by atoms with E-state index in [4.69, 9.17) is 0 Å². The van der Waals surface area contributed by atoms with Crippen LogP contribution in [0.25, 0.3) is 0 Å². The van der Waals surface area contributed by atoms with Crippen molar-refractivity contribution in [3.05, 3.63) is 11.9 Å². The molecule has 23 heavy (non-hydrogen) atoms. The fraction of sp³-hybridized carbons (Fsp3) is 0.733. The number of urea groups is 1. The van der Waals surface area contributed by atoms with Crippen molar-refractivity contribution in [3.63, 3.8) is 0 Å². The zero-order valence-corrected chi connectivity index (χ0v) is 13.7. The van der Waals surface area contributed by atoms with Gasteiger partial charge in [-0.1, -0.05) is 12.1 Å². The van der Waals surface area contributed by atoms with Crippen molar-refractivity contribution in [2.24, 2.45) is 0 Å². The van der Waals surface area contributed by atoms with Crippen LogP contribution in [0.5, 0.6) is 0 Å². The van der Waals surface area contributed by atoms with Gasteiger partial charge in [0, 0.05) is 32.2 Å². The molecule has 1 unspecified atom stereocenters. The summed E-state index contributed by atoms with van der Waals surface area (Å²) in [4.78, 5) is 27.8. The molecule has 1 atom stereocenters. The number of hydrogen-bond donors (Lipinski definition) is 1. The molecular weight excluding hydrogens is 296 g/mol. The van der Waals surface area contributed by atoms with Crippen molar-refractivity contribution in [2.75, 3.05) is 26.2 Å². The molecule has 0 spiro atoms. The molecule has 0 aromatic carbocycles. The minimum atomic E-state index is -0.0422. The Balaban J connectivity index is 1.52. The van der Waals surface area contributed by atoms with E-state index in [0.717, 1.165) is 32.4 Å². The van der Waals surface area contributed by atoms with E-state index in [1.165, 1.54) is 0 Å². The normalized spacial score (nSPS) is 19.6. The number of amides is 3. The van der Waals surface area contributed by atoms with Gasteiger partial charge in [-0.15, -0.1) is 5.10 Å². The molecular formula is C15H24N6O2. The molecule has 8 heteroatoms. The van der Waals surface area contributed by atoms with Crippen molar-refractivity contribution in [3.8, 4) is 0 Å². The molecule has 1 N–H and O–H groups in total. The van der Waals surface area contributed by atoms with E-state index < -0.39 is 0 Å². The van der Waals surface area contributed by atoms with Gasteiger partial charge in [0.05, 0.1) is 12.2 Å². The average molecular weight is 320 g/mol. The van der Waals surface area contributed by atoms with Crippen LogP contribution >= 0.6 is 0 Å². The molecule has 1 aromatic rings. The molecule has 2 aliphatic heterocycles. The van der Waals surface area contributed by atoms with E-state index in [9.17, 15) is 9.59 Å². The molecule has 3 heterocycles. The van der Waals surface area contributed by atoms with Gasteiger partial charge in [-0.05, 0) is 26.2 Å². The molecule has 0 aliphatic carbocycles. The lowest BCUT2D eigenvalue weighted by Crippen LogP contribution is -2.55. The quantitative estimate of drug-likeness (QED) is 0.892. The molecule has 2 aliphatic rings. The zero-order chi connectivity index (χ0) is 16.4. The molecule has 2 fully saturated rings. The van der Waals surface area contributed by atoms with Crippen LogP contribution in [0.15, 0.2) is 6.20 Å². The molecule has 0 bridgehead atoms. The first-order valence-electron chi connectivity index (χ1n) is 8.35. The predicted octanol–water partition coefficient (Wildman–Crippen LogP) is 0.879. The highest BCUT2D eigenvalue weighted by Gasteiger charge is 2.34. The number of rotatable bonds is 4. The first kappa shape index (κ1) is 15.8. The number of aromatic nitrogens is 3. The van der Waals surface area contributed by atoms with E-state index in [0.29, 0.717) is 18.8 Å².